The number of rotatable bonds is 4. The van der Waals surface area contributed by atoms with Crippen molar-refractivity contribution in [2.75, 3.05) is 17.4 Å². The van der Waals surface area contributed by atoms with Gasteiger partial charge in [-0.15, -0.1) is 35.1 Å². The van der Waals surface area contributed by atoms with Crippen LogP contribution in [0, 0.1) is 0 Å². The van der Waals surface area contributed by atoms with Crippen molar-refractivity contribution in [1.29, 1.82) is 0 Å². The summed E-state index contributed by atoms with van der Waals surface area (Å²) < 4.78 is 0.272. The molecule has 2 rings (SSSR count). The highest BCUT2D eigenvalue weighted by molar-refractivity contribution is 8.18. The van der Waals surface area contributed by atoms with Gasteiger partial charge in [0.05, 0.1) is 4.08 Å². The summed E-state index contributed by atoms with van der Waals surface area (Å²) in [4.78, 5) is 0. The van der Waals surface area contributed by atoms with Gasteiger partial charge in [-0.2, -0.15) is 0 Å². The Balaban J connectivity index is 2.19. The molecule has 0 nitrogen and oxygen atoms in total. The van der Waals surface area contributed by atoms with E-state index in [4.69, 9.17) is 11.6 Å². The number of hydrogen-bond acceptors (Lipinski definition) is 2. The Morgan fingerprint density at radius 1 is 1.12 bits per heavy atom. The van der Waals surface area contributed by atoms with Gasteiger partial charge < -0.3 is 0 Å². The van der Waals surface area contributed by atoms with E-state index in [1.165, 1.54) is 29.9 Å². The molecule has 1 aromatic carbocycles. The molecule has 0 aliphatic carbocycles. The Morgan fingerprint density at radius 3 is 2.44 bits per heavy atom. The average Bonchev–Trinajstić information content (AvgIpc) is 2.38. The van der Waals surface area contributed by atoms with Gasteiger partial charge in [-0.1, -0.05) is 30.3 Å². The van der Waals surface area contributed by atoms with Gasteiger partial charge in [0.25, 0.3) is 0 Å². The number of thioether (sulfide) groups is 2. The molecule has 1 aliphatic rings. The first-order chi connectivity index (χ1) is 7.87. The highest BCUT2D eigenvalue weighted by atomic mass is 35.5. The highest BCUT2D eigenvalue weighted by Crippen LogP contribution is 2.53. The van der Waals surface area contributed by atoms with Crippen molar-refractivity contribution < 1.29 is 0 Å². The summed E-state index contributed by atoms with van der Waals surface area (Å²) in [6, 6.07) is 10.9. The van der Waals surface area contributed by atoms with Gasteiger partial charge >= 0.3 is 0 Å². The molecule has 88 valence electrons. The largest absolute Gasteiger partial charge is 0.139 e. The SMILES string of the molecule is ClCCCC1(c2ccccc2)SCCCS1. The van der Waals surface area contributed by atoms with E-state index in [-0.39, 0.29) is 4.08 Å². The monoisotopic (exact) mass is 272 g/mol. The average molecular weight is 273 g/mol. The van der Waals surface area contributed by atoms with E-state index in [1.807, 2.05) is 0 Å². The standard InChI is InChI=1S/C13H17ClS2/c14-9-4-8-13(15-10-5-11-16-13)12-6-2-1-3-7-12/h1-3,6-7H,4-5,8-11H2. The normalized spacial score (nSPS) is 19.6. The molecule has 0 radical (unpaired) electrons. The zero-order valence-electron chi connectivity index (χ0n) is 9.32. The molecule has 1 saturated heterocycles. The fourth-order valence-electron chi connectivity index (χ4n) is 2.02. The molecule has 1 heterocycles. The van der Waals surface area contributed by atoms with Crippen LogP contribution in [0.25, 0.3) is 0 Å². The molecule has 1 aliphatic heterocycles. The first-order valence-electron chi connectivity index (χ1n) is 5.77. The lowest BCUT2D eigenvalue weighted by Gasteiger charge is -2.36. The lowest BCUT2D eigenvalue weighted by Crippen LogP contribution is -2.22. The zero-order valence-corrected chi connectivity index (χ0v) is 11.7. The van der Waals surface area contributed by atoms with Crippen LogP contribution in [0.2, 0.25) is 0 Å². The van der Waals surface area contributed by atoms with E-state index in [0.717, 1.165) is 12.3 Å². The van der Waals surface area contributed by atoms with Crippen molar-refractivity contribution in [3.05, 3.63) is 35.9 Å². The molecule has 0 amide bonds. The summed E-state index contributed by atoms with van der Waals surface area (Å²) in [6.45, 7) is 0. The molecule has 16 heavy (non-hydrogen) atoms. The molecule has 3 heteroatoms. The summed E-state index contributed by atoms with van der Waals surface area (Å²) in [5, 5.41) is 0. The summed E-state index contributed by atoms with van der Waals surface area (Å²) in [5.74, 6) is 3.34. The molecule has 0 aromatic heterocycles. The van der Waals surface area contributed by atoms with E-state index in [9.17, 15) is 0 Å². The number of alkyl halides is 1. The van der Waals surface area contributed by atoms with E-state index in [2.05, 4.69) is 53.9 Å². The maximum Gasteiger partial charge on any atom is 0.0860 e. The van der Waals surface area contributed by atoms with Crippen LogP contribution in [0.4, 0.5) is 0 Å². The topological polar surface area (TPSA) is 0 Å². The maximum atomic E-state index is 5.85. The van der Waals surface area contributed by atoms with Gasteiger partial charge in [-0.05, 0) is 36.3 Å². The van der Waals surface area contributed by atoms with E-state index < -0.39 is 0 Å². The van der Waals surface area contributed by atoms with Crippen LogP contribution in [0.1, 0.15) is 24.8 Å². The lowest BCUT2D eigenvalue weighted by molar-refractivity contribution is 0.731. The second-order valence-corrected chi connectivity index (χ2v) is 7.39. The second kappa shape index (κ2) is 6.23. The van der Waals surface area contributed by atoms with Crippen molar-refractivity contribution in [1.82, 2.24) is 0 Å². The van der Waals surface area contributed by atoms with Crippen LogP contribution in [-0.4, -0.2) is 17.4 Å². The highest BCUT2D eigenvalue weighted by Gasteiger charge is 2.34. The van der Waals surface area contributed by atoms with Crippen LogP contribution >= 0.6 is 35.1 Å². The summed E-state index contributed by atoms with van der Waals surface area (Å²) in [6.07, 6.45) is 3.64. The molecule has 0 bridgehead atoms. The molecule has 0 saturated carbocycles. The summed E-state index contributed by atoms with van der Waals surface area (Å²) >= 11 is 10.1. The molecule has 0 unspecified atom stereocenters. The Bertz CT molecular complexity index is 307. The minimum Gasteiger partial charge on any atom is -0.139 e. The smallest absolute Gasteiger partial charge is 0.0860 e. The molecular weight excluding hydrogens is 256 g/mol. The molecule has 0 spiro atoms. The van der Waals surface area contributed by atoms with Gasteiger partial charge in [-0.3, -0.25) is 0 Å². The number of hydrogen-bond donors (Lipinski definition) is 0. The first-order valence-corrected chi connectivity index (χ1v) is 8.27. The third-order valence-corrected chi connectivity index (χ3v) is 6.58. The van der Waals surface area contributed by atoms with Gasteiger partial charge in [0.2, 0.25) is 0 Å². The minimum atomic E-state index is 0.272. The van der Waals surface area contributed by atoms with Gasteiger partial charge in [0.1, 0.15) is 0 Å². The summed E-state index contributed by atoms with van der Waals surface area (Å²) in [7, 11) is 0. The zero-order chi connectivity index (χ0) is 11.3. The van der Waals surface area contributed by atoms with Crippen molar-refractivity contribution in [2.24, 2.45) is 0 Å². The first kappa shape index (κ1) is 12.7. The molecule has 0 atom stereocenters. The van der Waals surface area contributed by atoms with E-state index >= 15 is 0 Å². The van der Waals surface area contributed by atoms with Gasteiger partial charge in [-0.25, -0.2) is 0 Å². The molecular formula is C13H17ClS2. The molecule has 0 N–H and O–H groups in total. The third kappa shape index (κ3) is 2.91. The van der Waals surface area contributed by atoms with E-state index in [0.29, 0.717) is 0 Å². The lowest BCUT2D eigenvalue weighted by atomic mass is 10.1. The van der Waals surface area contributed by atoms with E-state index in [1.54, 1.807) is 0 Å². The predicted octanol–water partition coefficient (Wildman–Crippen LogP) is 4.73. The van der Waals surface area contributed by atoms with Crippen LogP contribution < -0.4 is 0 Å². The fourth-order valence-corrected chi connectivity index (χ4v) is 5.59. The van der Waals surface area contributed by atoms with Crippen molar-refractivity contribution in [3.8, 4) is 0 Å². The van der Waals surface area contributed by atoms with Crippen molar-refractivity contribution in [2.45, 2.75) is 23.3 Å². The van der Waals surface area contributed by atoms with Crippen molar-refractivity contribution >= 4 is 35.1 Å². The minimum absolute atomic E-state index is 0.272. The quantitative estimate of drug-likeness (QED) is 0.727. The van der Waals surface area contributed by atoms with Crippen LogP contribution in [0.5, 0.6) is 0 Å². The van der Waals surface area contributed by atoms with Gasteiger partial charge in [0.15, 0.2) is 0 Å². The fraction of sp³-hybridized carbons (Fsp3) is 0.538. The van der Waals surface area contributed by atoms with Crippen LogP contribution in [-0.2, 0) is 4.08 Å². The van der Waals surface area contributed by atoms with Gasteiger partial charge in [0, 0.05) is 5.88 Å². The maximum absolute atomic E-state index is 5.85. The third-order valence-electron chi connectivity index (χ3n) is 2.81. The van der Waals surface area contributed by atoms with Crippen molar-refractivity contribution in [3.63, 3.8) is 0 Å². The Kier molecular flexibility index (Phi) is 4.93. The number of benzene rings is 1. The van der Waals surface area contributed by atoms with Crippen LogP contribution in [0.3, 0.4) is 0 Å². The predicted molar refractivity (Wildman–Crippen MR) is 77.6 cm³/mol. The molecule has 1 fully saturated rings. The van der Waals surface area contributed by atoms with Crippen LogP contribution in [0.15, 0.2) is 30.3 Å². The number of halogens is 1. The Morgan fingerprint density at radius 2 is 1.81 bits per heavy atom. The Hall–Kier alpha value is 0.210. The summed E-state index contributed by atoms with van der Waals surface area (Å²) in [5.41, 5.74) is 1.47. The molecule has 1 aromatic rings. The Labute approximate surface area is 112 Å². The second-order valence-electron chi connectivity index (χ2n) is 3.96.